The van der Waals surface area contributed by atoms with Crippen LogP contribution in [0.1, 0.15) is 18.9 Å². The minimum Gasteiger partial charge on any atom is -0.462 e. The largest absolute Gasteiger partial charge is 0.462 e. The molecule has 31 heavy (non-hydrogen) atoms. The van der Waals surface area contributed by atoms with Gasteiger partial charge in [-0.1, -0.05) is 42.8 Å². The van der Waals surface area contributed by atoms with Gasteiger partial charge in [0.2, 0.25) is 0 Å². The third kappa shape index (κ3) is 6.41. The summed E-state index contributed by atoms with van der Waals surface area (Å²) in [5.74, 6) is 0.724. The lowest BCUT2D eigenvalue weighted by Crippen LogP contribution is -2.24. The zero-order chi connectivity index (χ0) is 22.1. The summed E-state index contributed by atoms with van der Waals surface area (Å²) < 4.78 is 12.7. The number of aryl methyl sites for hydroxylation is 1. The Morgan fingerprint density at radius 1 is 1.16 bits per heavy atom. The lowest BCUT2D eigenvalue weighted by Gasteiger charge is -2.13. The minimum absolute atomic E-state index is 0.260. The van der Waals surface area contributed by atoms with Gasteiger partial charge in [-0.25, -0.2) is 4.68 Å². The quantitative estimate of drug-likeness (QED) is 0.339. The summed E-state index contributed by atoms with van der Waals surface area (Å²) in [6, 6.07) is 16.3. The van der Waals surface area contributed by atoms with Crippen LogP contribution in [0.15, 0.2) is 61.2 Å². The number of hydrogen-bond donors (Lipinski definition) is 2. The van der Waals surface area contributed by atoms with Gasteiger partial charge < -0.3 is 19.9 Å². The maximum atomic E-state index is 9.97. The van der Waals surface area contributed by atoms with Crippen molar-refractivity contribution < 1.29 is 14.6 Å². The Morgan fingerprint density at radius 2 is 1.90 bits per heavy atom. The zero-order valence-corrected chi connectivity index (χ0v) is 18.1. The number of aromatic nitrogens is 3. The fourth-order valence-electron chi connectivity index (χ4n) is 2.92. The predicted octanol–water partition coefficient (Wildman–Crippen LogP) is 4.01. The summed E-state index contributed by atoms with van der Waals surface area (Å²) in [4.78, 5) is 4.60. The Morgan fingerprint density at radius 3 is 2.58 bits per heavy atom. The van der Waals surface area contributed by atoms with Crippen LogP contribution in [0.5, 0.6) is 6.01 Å². The highest BCUT2D eigenvalue weighted by Gasteiger charge is 2.15. The minimum atomic E-state index is -0.596. The van der Waals surface area contributed by atoms with Gasteiger partial charge in [0.1, 0.15) is 0 Å². The molecule has 1 atom stereocenters. The van der Waals surface area contributed by atoms with Gasteiger partial charge in [0.05, 0.1) is 31.6 Å². The van der Waals surface area contributed by atoms with E-state index in [9.17, 15) is 5.11 Å². The van der Waals surface area contributed by atoms with Crippen LogP contribution in [-0.2, 0) is 4.74 Å². The second kappa shape index (κ2) is 11.3. The molecule has 0 fully saturated rings. The summed E-state index contributed by atoms with van der Waals surface area (Å²) in [6.45, 7) is 9.34. The molecule has 1 heterocycles. The molecule has 0 saturated carbocycles. The van der Waals surface area contributed by atoms with Crippen molar-refractivity contribution >= 4 is 5.69 Å². The maximum absolute atomic E-state index is 9.97. The highest BCUT2D eigenvalue weighted by molar-refractivity contribution is 5.60. The summed E-state index contributed by atoms with van der Waals surface area (Å²) in [6.07, 6.45) is 1.95. The van der Waals surface area contributed by atoms with E-state index in [0.717, 1.165) is 29.2 Å². The average molecular weight is 423 g/mol. The topological polar surface area (TPSA) is 81.4 Å². The first kappa shape index (κ1) is 22.5. The van der Waals surface area contributed by atoms with Gasteiger partial charge in [-0.15, -0.1) is 11.7 Å². The average Bonchev–Trinajstić information content (AvgIpc) is 3.21. The molecule has 1 unspecified atom stereocenters. The fraction of sp³-hybridized carbons (Fsp3) is 0.333. The normalized spacial score (nSPS) is 11.8. The lowest BCUT2D eigenvalue weighted by molar-refractivity contribution is 0.0566. The van der Waals surface area contributed by atoms with Gasteiger partial charge >= 0.3 is 6.01 Å². The third-order valence-corrected chi connectivity index (χ3v) is 4.53. The Balaban J connectivity index is 1.75. The standard InChI is InChI=1S/C24H30N4O3/c1-4-14-30-17-22(29)16-25-20-10-12-21(13-11-20)28-23(19-8-6-18(3)7-9-19)26-24(27-28)31-15-5-2/h4,6-13,22,25,29H,1,5,14-17H2,2-3H3. The molecule has 1 aromatic heterocycles. The number of nitrogens with zero attached hydrogens (tertiary/aromatic N) is 3. The first-order chi connectivity index (χ1) is 15.1. The van der Waals surface area contributed by atoms with Gasteiger partial charge in [-0.2, -0.15) is 4.98 Å². The summed E-state index contributed by atoms with van der Waals surface area (Å²) in [5, 5.41) is 17.7. The molecule has 0 saturated heterocycles. The monoisotopic (exact) mass is 422 g/mol. The van der Waals surface area contributed by atoms with Crippen molar-refractivity contribution in [1.82, 2.24) is 14.8 Å². The second-order valence-corrected chi connectivity index (χ2v) is 7.25. The van der Waals surface area contributed by atoms with Crippen molar-refractivity contribution in [1.29, 1.82) is 0 Å². The molecule has 0 radical (unpaired) electrons. The van der Waals surface area contributed by atoms with E-state index in [1.165, 1.54) is 5.56 Å². The number of aliphatic hydroxyl groups is 1. The van der Waals surface area contributed by atoms with E-state index in [4.69, 9.17) is 9.47 Å². The molecule has 164 valence electrons. The number of aliphatic hydroxyl groups excluding tert-OH is 1. The number of nitrogens with one attached hydrogen (secondary N) is 1. The van der Waals surface area contributed by atoms with Crippen molar-refractivity contribution in [3.63, 3.8) is 0 Å². The molecule has 0 aliphatic rings. The molecule has 2 N–H and O–H groups in total. The molecule has 0 aliphatic heterocycles. The van der Waals surface area contributed by atoms with Crippen molar-refractivity contribution in [3.8, 4) is 23.1 Å². The number of benzene rings is 2. The first-order valence-electron chi connectivity index (χ1n) is 10.5. The van der Waals surface area contributed by atoms with Crippen LogP contribution in [0, 0.1) is 6.92 Å². The third-order valence-electron chi connectivity index (χ3n) is 4.53. The molecule has 3 rings (SSSR count). The van der Waals surface area contributed by atoms with Crippen LogP contribution in [0.2, 0.25) is 0 Å². The van der Waals surface area contributed by atoms with Crippen molar-refractivity contribution in [2.24, 2.45) is 0 Å². The molecule has 0 aliphatic carbocycles. The van der Waals surface area contributed by atoms with Crippen molar-refractivity contribution in [2.75, 3.05) is 31.7 Å². The molecule has 0 amide bonds. The SMILES string of the molecule is C=CCOCC(O)CNc1ccc(-n2nc(OCCC)nc2-c2ccc(C)cc2)cc1. The van der Waals surface area contributed by atoms with Crippen molar-refractivity contribution in [3.05, 3.63) is 66.7 Å². The number of anilines is 1. The zero-order valence-electron chi connectivity index (χ0n) is 18.1. The summed E-state index contributed by atoms with van der Waals surface area (Å²) in [5.41, 5.74) is 3.92. The van der Waals surface area contributed by atoms with E-state index < -0.39 is 6.10 Å². The van der Waals surface area contributed by atoms with E-state index in [2.05, 4.69) is 41.0 Å². The Hall–Kier alpha value is -3.16. The lowest BCUT2D eigenvalue weighted by atomic mass is 10.1. The molecular weight excluding hydrogens is 392 g/mol. The summed E-state index contributed by atoms with van der Waals surface area (Å²) in [7, 11) is 0. The molecule has 7 nitrogen and oxygen atoms in total. The highest BCUT2D eigenvalue weighted by Crippen LogP contribution is 2.25. The van der Waals surface area contributed by atoms with E-state index in [0.29, 0.717) is 25.8 Å². The number of rotatable bonds is 12. The van der Waals surface area contributed by atoms with Crippen LogP contribution in [0.25, 0.3) is 17.1 Å². The van der Waals surface area contributed by atoms with Gasteiger partial charge in [0, 0.05) is 17.8 Å². The first-order valence-corrected chi connectivity index (χ1v) is 10.5. The molecule has 7 heteroatoms. The fourth-order valence-corrected chi connectivity index (χ4v) is 2.92. The van der Waals surface area contributed by atoms with Gasteiger partial charge in [0.25, 0.3) is 0 Å². The van der Waals surface area contributed by atoms with Gasteiger partial charge in [-0.3, -0.25) is 0 Å². The van der Waals surface area contributed by atoms with Crippen LogP contribution < -0.4 is 10.1 Å². The molecular formula is C24H30N4O3. The Labute approximate surface area is 183 Å². The van der Waals surface area contributed by atoms with Gasteiger partial charge in [0.15, 0.2) is 5.82 Å². The highest BCUT2D eigenvalue weighted by atomic mass is 16.5. The van der Waals surface area contributed by atoms with Crippen molar-refractivity contribution in [2.45, 2.75) is 26.4 Å². The molecule has 3 aromatic rings. The van der Waals surface area contributed by atoms with E-state index in [1.54, 1.807) is 10.8 Å². The smallest absolute Gasteiger partial charge is 0.336 e. The van der Waals surface area contributed by atoms with Crippen LogP contribution in [0.4, 0.5) is 5.69 Å². The second-order valence-electron chi connectivity index (χ2n) is 7.25. The Bertz CT molecular complexity index is 952. The van der Waals surface area contributed by atoms with E-state index in [-0.39, 0.29) is 6.61 Å². The summed E-state index contributed by atoms with van der Waals surface area (Å²) >= 11 is 0. The van der Waals surface area contributed by atoms with E-state index >= 15 is 0 Å². The van der Waals surface area contributed by atoms with E-state index in [1.807, 2.05) is 43.3 Å². The maximum Gasteiger partial charge on any atom is 0.336 e. The predicted molar refractivity (Wildman–Crippen MR) is 123 cm³/mol. The Kier molecular flexibility index (Phi) is 8.20. The molecule has 0 spiro atoms. The molecule has 0 bridgehead atoms. The number of ether oxygens (including phenoxy) is 2. The molecule has 2 aromatic carbocycles. The van der Waals surface area contributed by atoms with Crippen LogP contribution in [0.3, 0.4) is 0 Å². The van der Waals surface area contributed by atoms with Crippen LogP contribution in [-0.4, -0.2) is 52.3 Å². The van der Waals surface area contributed by atoms with Gasteiger partial charge in [-0.05, 0) is 37.6 Å². The number of hydrogen-bond acceptors (Lipinski definition) is 6. The van der Waals surface area contributed by atoms with Crippen LogP contribution >= 0.6 is 0 Å².